The van der Waals surface area contributed by atoms with E-state index in [0.29, 0.717) is 31.8 Å². The molecule has 0 spiro atoms. The van der Waals surface area contributed by atoms with Gasteiger partial charge < -0.3 is 14.4 Å². The fourth-order valence-electron chi connectivity index (χ4n) is 2.78. The third kappa shape index (κ3) is 4.12. The molecule has 0 amide bonds. The van der Waals surface area contributed by atoms with Crippen LogP contribution in [0, 0.1) is 0 Å². The Morgan fingerprint density at radius 2 is 1.76 bits per heavy atom. The molecule has 2 aromatic rings. The van der Waals surface area contributed by atoms with E-state index in [0.717, 1.165) is 11.9 Å². The normalized spacial score (nSPS) is 15.9. The van der Waals surface area contributed by atoms with E-state index in [1.165, 1.54) is 19.2 Å². The summed E-state index contributed by atoms with van der Waals surface area (Å²) in [7, 11) is 1.52. The van der Waals surface area contributed by atoms with E-state index in [1.807, 2.05) is 11.0 Å². The third-order valence-electron chi connectivity index (χ3n) is 4.09. The molecule has 2 heterocycles. The van der Waals surface area contributed by atoms with E-state index in [9.17, 15) is 13.2 Å². The Labute approximate surface area is 143 Å². The van der Waals surface area contributed by atoms with Gasteiger partial charge in [-0.15, -0.1) is 10.2 Å². The first kappa shape index (κ1) is 17.3. The number of aromatic nitrogens is 2. The van der Waals surface area contributed by atoms with Crippen molar-refractivity contribution in [2.75, 3.05) is 25.1 Å². The minimum atomic E-state index is -4.42. The molecule has 0 N–H and O–H groups in total. The predicted molar refractivity (Wildman–Crippen MR) is 85.9 cm³/mol. The van der Waals surface area contributed by atoms with Gasteiger partial charge in [0.15, 0.2) is 5.82 Å². The molecule has 1 fully saturated rings. The number of para-hydroxylation sites is 1. The van der Waals surface area contributed by atoms with Crippen LogP contribution in [0.3, 0.4) is 0 Å². The summed E-state index contributed by atoms with van der Waals surface area (Å²) in [5, 5.41) is 8.02. The Bertz CT molecular complexity index is 699. The highest BCUT2D eigenvalue weighted by molar-refractivity contribution is 5.39. The third-order valence-corrected chi connectivity index (χ3v) is 4.09. The first-order valence-corrected chi connectivity index (χ1v) is 7.93. The number of alkyl halides is 3. The fourth-order valence-corrected chi connectivity index (χ4v) is 2.78. The molecule has 1 aliphatic rings. The van der Waals surface area contributed by atoms with Crippen molar-refractivity contribution in [3.63, 3.8) is 0 Å². The molecule has 5 nitrogen and oxygen atoms in total. The van der Waals surface area contributed by atoms with Crippen LogP contribution in [0.2, 0.25) is 0 Å². The largest absolute Gasteiger partial charge is 0.490 e. The average molecular weight is 353 g/mol. The van der Waals surface area contributed by atoms with E-state index < -0.39 is 11.7 Å². The molecule has 1 aromatic carbocycles. The van der Waals surface area contributed by atoms with E-state index >= 15 is 0 Å². The number of rotatable bonds is 4. The summed E-state index contributed by atoms with van der Waals surface area (Å²) in [6.07, 6.45) is -3.46. The van der Waals surface area contributed by atoms with Crippen molar-refractivity contribution in [3.05, 3.63) is 42.0 Å². The Morgan fingerprint density at radius 3 is 2.36 bits per heavy atom. The van der Waals surface area contributed by atoms with Crippen LogP contribution in [-0.2, 0) is 6.18 Å². The van der Waals surface area contributed by atoms with Crippen LogP contribution in [0.15, 0.2) is 36.4 Å². The summed E-state index contributed by atoms with van der Waals surface area (Å²) in [5.74, 6) is 1.04. The number of anilines is 1. The van der Waals surface area contributed by atoms with Crippen molar-refractivity contribution < 1.29 is 22.6 Å². The maximum atomic E-state index is 13.0. The predicted octanol–water partition coefficient (Wildman–Crippen LogP) is 3.55. The molecule has 134 valence electrons. The fraction of sp³-hybridized carbons (Fsp3) is 0.412. The SMILES string of the molecule is COc1ccc(N2CCC(Oc3ccccc3C(F)(F)F)CC2)nn1. The first-order valence-electron chi connectivity index (χ1n) is 7.93. The summed E-state index contributed by atoms with van der Waals surface area (Å²) in [6.45, 7) is 1.28. The van der Waals surface area contributed by atoms with Gasteiger partial charge in [0.05, 0.1) is 12.7 Å². The Morgan fingerprint density at radius 1 is 1.04 bits per heavy atom. The summed E-state index contributed by atoms with van der Waals surface area (Å²) in [5.41, 5.74) is -0.738. The molecule has 1 saturated heterocycles. The van der Waals surface area contributed by atoms with Crippen LogP contribution >= 0.6 is 0 Å². The summed E-state index contributed by atoms with van der Waals surface area (Å²) >= 11 is 0. The molecule has 8 heteroatoms. The summed E-state index contributed by atoms with van der Waals surface area (Å²) in [6, 6.07) is 8.85. The maximum Gasteiger partial charge on any atom is 0.419 e. The highest BCUT2D eigenvalue weighted by atomic mass is 19.4. The van der Waals surface area contributed by atoms with Gasteiger partial charge in [-0.2, -0.15) is 13.2 Å². The van der Waals surface area contributed by atoms with Crippen LogP contribution in [0.5, 0.6) is 11.6 Å². The number of hydrogen-bond donors (Lipinski definition) is 0. The monoisotopic (exact) mass is 353 g/mol. The van der Waals surface area contributed by atoms with Crippen molar-refractivity contribution in [2.24, 2.45) is 0 Å². The molecule has 0 radical (unpaired) electrons. The number of ether oxygens (including phenoxy) is 2. The van der Waals surface area contributed by atoms with Gasteiger partial charge in [0.25, 0.3) is 0 Å². The zero-order valence-corrected chi connectivity index (χ0v) is 13.7. The number of piperidine rings is 1. The number of hydrogen-bond acceptors (Lipinski definition) is 5. The van der Waals surface area contributed by atoms with E-state index in [-0.39, 0.29) is 11.9 Å². The number of nitrogens with zero attached hydrogens (tertiary/aromatic N) is 3. The summed E-state index contributed by atoms with van der Waals surface area (Å²) < 4.78 is 49.7. The Hall–Kier alpha value is -2.51. The topological polar surface area (TPSA) is 47.5 Å². The Kier molecular flexibility index (Phi) is 4.96. The van der Waals surface area contributed by atoms with Crippen LogP contribution in [0.25, 0.3) is 0 Å². The zero-order valence-electron chi connectivity index (χ0n) is 13.7. The lowest BCUT2D eigenvalue weighted by atomic mass is 10.1. The molecule has 0 saturated carbocycles. The van der Waals surface area contributed by atoms with Gasteiger partial charge in [0, 0.05) is 32.0 Å². The van der Waals surface area contributed by atoms with Gasteiger partial charge >= 0.3 is 6.18 Å². The van der Waals surface area contributed by atoms with E-state index in [2.05, 4.69) is 10.2 Å². The second-order valence-electron chi connectivity index (χ2n) is 5.73. The second kappa shape index (κ2) is 7.16. The average Bonchev–Trinajstić information content (AvgIpc) is 2.62. The van der Waals surface area contributed by atoms with Gasteiger partial charge in [0.1, 0.15) is 11.9 Å². The van der Waals surface area contributed by atoms with Crippen molar-refractivity contribution in [1.82, 2.24) is 10.2 Å². The van der Waals surface area contributed by atoms with Crippen LogP contribution in [0.1, 0.15) is 18.4 Å². The maximum absolute atomic E-state index is 13.0. The lowest BCUT2D eigenvalue weighted by molar-refractivity contribution is -0.139. The molecule has 0 unspecified atom stereocenters. The number of halogens is 3. The quantitative estimate of drug-likeness (QED) is 0.841. The molecule has 0 aliphatic carbocycles. The molecule has 1 aromatic heterocycles. The van der Waals surface area contributed by atoms with Crippen molar-refractivity contribution in [3.8, 4) is 11.6 Å². The molecule has 1 aliphatic heterocycles. The minimum absolute atomic E-state index is 0.113. The van der Waals surface area contributed by atoms with E-state index in [1.54, 1.807) is 12.1 Å². The zero-order chi connectivity index (χ0) is 17.9. The molecular formula is C17H18F3N3O2. The van der Waals surface area contributed by atoms with Crippen molar-refractivity contribution in [2.45, 2.75) is 25.1 Å². The second-order valence-corrected chi connectivity index (χ2v) is 5.73. The highest BCUT2D eigenvalue weighted by Crippen LogP contribution is 2.37. The number of benzene rings is 1. The van der Waals surface area contributed by atoms with Gasteiger partial charge in [-0.1, -0.05) is 12.1 Å². The van der Waals surface area contributed by atoms with Gasteiger partial charge in [-0.05, 0) is 18.2 Å². The minimum Gasteiger partial charge on any atom is -0.490 e. The van der Waals surface area contributed by atoms with Gasteiger partial charge in [-0.3, -0.25) is 0 Å². The van der Waals surface area contributed by atoms with Crippen LogP contribution < -0.4 is 14.4 Å². The number of methoxy groups -OCH3 is 1. The lowest BCUT2D eigenvalue weighted by Crippen LogP contribution is -2.39. The van der Waals surface area contributed by atoms with Crippen LogP contribution in [0.4, 0.5) is 19.0 Å². The summed E-state index contributed by atoms with van der Waals surface area (Å²) in [4.78, 5) is 2.03. The highest BCUT2D eigenvalue weighted by Gasteiger charge is 2.35. The van der Waals surface area contributed by atoms with Gasteiger partial charge in [0.2, 0.25) is 5.88 Å². The first-order chi connectivity index (χ1) is 12.0. The standard InChI is InChI=1S/C17H18F3N3O2/c1-24-16-7-6-15(21-22-16)23-10-8-12(9-11-23)25-14-5-3-2-4-13(14)17(18,19)20/h2-7,12H,8-11H2,1H3. The molecule has 25 heavy (non-hydrogen) atoms. The van der Waals surface area contributed by atoms with E-state index in [4.69, 9.17) is 9.47 Å². The molecule has 0 bridgehead atoms. The molecule has 3 rings (SSSR count). The molecule has 0 atom stereocenters. The lowest BCUT2D eigenvalue weighted by Gasteiger charge is -2.33. The van der Waals surface area contributed by atoms with Crippen molar-refractivity contribution >= 4 is 5.82 Å². The molecular weight excluding hydrogens is 335 g/mol. The smallest absolute Gasteiger partial charge is 0.419 e. The Balaban J connectivity index is 1.61. The van der Waals surface area contributed by atoms with Crippen molar-refractivity contribution in [1.29, 1.82) is 0 Å². The van der Waals surface area contributed by atoms with Crippen LogP contribution in [-0.4, -0.2) is 36.5 Å². The van der Waals surface area contributed by atoms with Gasteiger partial charge in [-0.25, -0.2) is 0 Å².